The second-order valence-electron chi connectivity index (χ2n) is 9.95. The summed E-state index contributed by atoms with van der Waals surface area (Å²) in [7, 11) is 9.34. The van der Waals surface area contributed by atoms with E-state index in [1.54, 1.807) is 19.0 Å². The van der Waals surface area contributed by atoms with E-state index in [9.17, 15) is 4.79 Å². The van der Waals surface area contributed by atoms with Crippen molar-refractivity contribution in [3.05, 3.63) is 35.4 Å². The van der Waals surface area contributed by atoms with Crippen molar-refractivity contribution < 1.29 is 19.0 Å². The summed E-state index contributed by atoms with van der Waals surface area (Å²) in [4.78, 5) is 17.8. The van der Waals surface area contributed by atoms with E-state index in [1.165, 1.54) is 11.1 Å². The molecule has 0 N–H and O–H groups in total. The monoisotopic (exact) mass is 421 g/mol. The van der Waals surface area contributed by atoms with Crippen LogP contribution in [0.4, 0.5) is 0 Å². The molecule has 31 heavy (non-hydrogen) atoms. The molecular weight excluding hydrogens is 391 g/mol. The number of carbonyl (C=O) groups is 1. The Morgan fingerprint density at radius 1 is 1.32 bits per heavy atom. The Morgan fingerprint density at radius 3 is 2.84 bits per heavy atom. The van der Waals surface area contributed by atoms with Crippen LogP contribution >= 0.6 is 0 Å². The lowest BCUT2D eigenvalue weighted by molar-refractivity contribution is -0.215. The molecule has 163 valence electrons. The molecule has 1 saturated carbocycles. The molecule has 6 nitrogen and oxygen atoms in total. The minimum Gasteiger partial charge on any atom is -0.493 e. The number of amides is 1. The Hall–Kier alpha value is -1.99. The van der Waals surface area contributed by atoms with Crippen molar-refractivity contribution in [1.29, 1.82) is 0 Å². The van der Waals surface area contributed by atoms with E-state index in [-0.39, 0.29) is 28.8 Å². The number of hydrogen-bond acceptors (Lipinski definition) is 5. The van der Waals surface area contributed by atoms with Crippen LogP contribution in [0.25, 0.3) is 0 Å². The van der Waals surface area contributed by atoms with Crippen molar-refractivity contribution in [3.8, 4) is 11.5 Å². The molecule has 1 radical (unpaired) electrons. The van der Waals surface area contributed by atoms with Gasteiger partial charge in [0.1, 0.15) is 11.7 Å². The molecule has 1 saturated heterocycles. The highest BCUT2D eigenvalue weighted by Gasteiger charge is 2.79. The van der Waals surface area contributed by atoms with E-state index in [0.29, 0.717) is 6.04 Å². The smallest absolute Gasteiger partial charge is 0.246 e. The van der Waals surface area contributed by atoms with E-state index in [0.717, 1.165) is 37.3 Å². The number of piperidine rings is 1. The van der Waals surface area contributed by atoms with Crippen LogP contribution in [0.2, 0.25) is 6.82 Å². The van der Waals surface area contributed by atoms with E-state index in [4.69, 9.17) is 14.2 Å². The van der Waals surface area contributed by atoms with Crippen LogP contribution in [0.15, 0.2) is 24.3 Å². The van der Waals surface area contributed by atoms with Gasteiger partial charge in [0.25, 0.3) is 0 Å². The number of benzene rings is 1. The molecule has 0 aromatic heterocycles. The van der Waals surface area contributed by atoms with Gasteiger partial charge in [-0.3, -0.25) is 4.79 Å². The van der Waals surface area contributed by atoms with Gasteiger partial charge in [-0.05, 0) is 51.5 Å². The maximum absolute atomic E-state index is 13.6. The summed E-state index contributed by atoms with van der Waals surface area (Å²) < 4.78 is 18.9. The molecule has 1 unspecified atom stereocenters. The molecule has 6 aliphatic rings. The van der Waals surface area contributed by atoms with Crippen LogP contribution in [-0.4, -0.2) is 75.6 Å². The highest BCUT2D eigenvalue weighted by atomic mass is 16.6. The van der Waals surface area contributed by atoms with Crippen molar-refractivity contribution in [2.24, 2.45) is 11.3 Å². The zero-order valence-corrected chi connectivity index (χ0v) is 19.0. The van der Waals surface area contributed by atoms with Crippen molar-refractivity contribution >= 4 is 13.3 Å². The number of fused-ring (bicyclic) bond motifs is 1. The molecular formula is C24H30BN2O4. The van der Waals surface area contributed by atoms with Crippen LogP contribution in [0.5, 0.6) is 11.5 Å². The van der Waals surface area contributed by atoms with Crippen molar-refractivity contribution in [2.75, 3.05) is 34.9 Å². The first-order valence-corrected chi connectivity index (χ1v) is 11.3. The number of methoxy groups -OCH3 is 2. The number of carbonyl (C=O) groups excluding carboxylic acids is 1. The maximum Gasteiger partial charge on any atom is 0.246 e. The Kier molecular flexibility index (Phi) is 3.86. The summed E-state index contributed by atoms with van der Waals surface area (Å²) in [6.07, 6.45) is 7.05. The number of nitrogens with zero attached hydrogens (tertiary/aromatic N) is 2. The zero-order chi connectivity index (χ0) is 21.8. The molecule has 1 aromatic rings. The highest BCUT2D eigenvalue weighted by molar-refractivity contribution is 6.35. The predicted molar refractivity (Wildman–Crippen MR) is 118 cm³/mol. The minimum absolute atomic E-state index is 0.0981. The second kappa shape index (κ2) is 6.07. The second-order valence-corrected chi connectivity index (χ2v) is 9.95. The van der Waals surface area contributed by atoms with Gasteiger partial charge < -0.3 is 23.9 Å². The van der Waals surface area contributed by atoms with Crippen LogP contribution in [0.1, 0.15) is 24.0 Å². The maximum atomic E-state index is 13.6. The average Bonchev–Trinajstić information content (AvgIpc) is 3.17. The molecule has 7 heteroatoms. The summed E-state index contributed by atoms with van der Waals surface area (Å²) in [6, 6.07) is 4.59. The normalized spacial score (nSPS) is 40.9. The lowest BCUT2D eigenvalue weighted by Crippen LogP contribution is -2.80. The van der Waals surface area contributed by atoms with Gasteiger partial charge in [0.05, 0.1) is 18.4 Å². The van der Waals surface area contributed by atoms with Crippen molar-refractivity contribution in [1.82, 2.24) is 9.71 Å². The van der Waals surface area contributed by atoms with Gasteiger partial charge in [-0.25, -0.2) is 0 Å². The minimum atomic E-state index is -0.796. The Balaban J connectivity index is 1.65. The molecule has 2 spiro atoms. The first-order chi connectivity index (χ1) is 14.9. The zero-order valence-electron chi connectivity index (χ0n) is 19.0. The number of ether oxygens (including phenoxy) is 3. The fraction of sp³-hybridized carbons (Fsp3) is 0.625. The summed E-state index contributed by atoms with van der Waals surface area (Å²) in [5, 5.41) is 0. The van der Waals surface area contributed by atoms with E-state index in [2.05, 4.69) is 30.2 Å². The molecule has 2 fully saturated rings. The molecule has 4 bridgehead atoms. The summed E-state index contributed by atoms with van der Waals surface area (Å²) in [5.74, 6) is 1.45. The van der Waals surface area contributed by atoms with E-state index < -0.39 is 5.60 Å². The quantitative estimate of drug-likeness (QED) is 0.550. The van der Waals surface area contributed by atoms with Crippen molar-refractivity contribution in [3.63, 3.8) is 0 Å². The summed E-state index contributed by atoms with van der Waals surface area (Å²) >= 11 is 0. The van der Waals surface area contributed by atoms with Gasteiger partial charge in [-0.15, -0.1) is 0 Å². The Bertz CT molecular complexity index is 1010. The summed E-state index contributed by atoms with van der Waals surface area (Å²) in [6.45, 7) is 2.91. The first kappa shape index (κ1) is 19.7. The fourth-order valence-corrected chi connectivity index (χ4v) is 7.86. The fourth-order valence-electron chi connectivity index (χ4n) is 7.86. The standard InChI is InChI=1S/C24H30BN2O4/c1-25-27(3)20(28)15-13-22-8-9-24(15,30-5)21-23(22)10-11-26(2)17(22)12-14-6-7-16(29-4)19(31-21)18(14)23/h6-9,15,17,21H,10-13H2,1-5H3/t15-,17-,21?,22-,23+,24-/m1/s1. The van der Waals surface area contributed by atoms with Crippen molar-refractivity contribution in [2.45, 2.75) is 49.2 Å². The van der Waals surface area contributed by atoms with E-state index >= 15 is 0 Å². The third-order valence-electron chi connectivity index (χ3n) is 9.31. The number of likely N-dealkylation sites (N-methyl/N-ethyl adjacent to an activating group) is 1. The van der Waals surface area contributed by atoms with Gasteiger partial charge in [0.2, 0.25) is 13.3 Å². The van der Waals surface area contributed by atoms with Gasteiger partial charge in [-0.1, -0.05) is 25.0 Å². The van der Waals surface area contributed by atoms with Crippen LogP contribution in [-0.2, 0) is 21.4 Å². The third kappa shape index (κ3) is 1.93. The molecule has 1 amide bonds. The molecule has 4 aliphatic carbocycles. The van der Waals surface area contributed by atoms with Crippen LogP contribution in [0.3, 0.4) is 0 Å². The van der Waals surface area contributed by atoms with Crippen LogP contribution < -0.4 is 9.47 Å². The molecule has 6 atom stereocenters. The SMILES string of the molecule is C[B]N(C)C(=O)[C@H]1C[C@@]23C=C[C@]1(OC)C1Oc4c(OC)ccc5c4[C@@]12CCN(C)[C@@H]3C5. The van der Waals surface area contributed by atoms with Gasteiger partial charge >= 0.3 is 0 Å². The topological polar surface area (TPSA) is 51.2 Å². The average molecular weight is 421 g/mol. The number of hydrogen-bond donors (Lipinski definition) is 0. The molecule has 2 heterocycles. The van der Waals surface area contributed by atoms with Crippen LogP contribution in [0, 0.1) is 11.3 Å². The predicted octanol–water partition coefficient (Wildman–Crippen LogP) is 2.04. The molecule has 2 aliphatic heterocycles. The Labute approximate surface area is 184 Å². The number of likely N-dealkylation sites (tertiary alicyclic amines) is 1. The largest absolute Gasteiger partial charge is 0.493 e. The third-order valence-corrected chi connectivity index (χ3v) is 9.31. The van der Waals surface area contributed by atoms with E-state index in [1.807, 2.05) is 27.4 Å². The molecule has 7 rings (SSSR count). The first-order valence-electron chi connectivity index (χ1n) is 11.3. The van der Waals surface area contributed by atoms with Gasteiger partial charge in [-0.2, -0.15) is 0 Å². The summed E-state index contributed by atoms with van der Waals surface area (Å²) in [5.41, 5.74) is 1.51. The lowest BCUT2D eigenvalue weighted by atomic mass is 9.37. The lowest BCUT2D eigenvalue weighted by Gasteiger charge is -2.70. The Morgan fingerprint density at radius 2 is 2.13 bits per heavy atom. The van der Waals surface area contributed by atoms with Gasteiger partial charge in [0, 0.05) is 24.1 Å². The van der Waals surface area contributed by atoms with Gasteiger partial charge in [0.15, 0.2) is 11.5 Å². The molecule has 1 aromatic carbocycles. The highest BCUT2D eigenvalue weighted by Crippen LogP contribution is 2.74. The number of rotatable bonds is 4.